The number of guanidine groups is 1. The maximum atomic E-state index is 13.9. The zero-order valence-electron chi connectivity index (χ0n) is 15.1. The molecule has 0 aliphatic heterocycles. The molecule has 26 heavy (non-hydrogen) atoms. The number of nitrogens with zero attached hydrogens (tertiary/aromatic N) is 1. The van der Waals surface area contributed by atoms with Gasteiger partial charge in [0.15, 0.2) is 5.96 Å². The molecule has 0 amide bonds. The van der Waals surface area contributed by atoms with Gasteiger partial charge in [-0.25, -0.2) is 8.78 Å². The second kappa shape index (κ2) is 8.83. The highest BCUT2D eigenvalue weighted by atomic mass is 127. The van der Waals surface area contributed by atoms with Crippen LogP contribution in [-0.2, 0) is 0 Å². The predicted octanol–water partition coefficient (Wildman–Crippen LogP) is 4.66. The molecule has 1 aromatic carbocycles. The SMILES string of the molecule is CCN=C(NC(C)c1ccc(C)o1)NC1CC1c1c(F)cccc1F.I. The van der Waals surface area contributed by atoms with E-state index >= 15 is 0 Å². The Morgan fingerprint density at radius 3 is 2.54 bits per heavy atom. The van der Waals surface area contributed by atoms with Crippen LogP contribution in [0.4, 0.5) is 8.78 Å². The molecule has 0 bridgehead atoms. The molecule has 2 N–H and O–H groups in total. The Kier molecular flexibility index (Phi) is 7.02. The maximum absolute atomic E-state index is 13.9. The van der Waals surface area contributed by atoms with Gasteiger partial charge in [-0.1, -0.05) is 6.07 Å². The highest BCUT2D eigenvalue weighted by Crippen LogP contribution is 2.43. The molecule has 4 nitrogen and oxygen atoms in total. The summed E-state index contributed by atoms with van der Waals surface area (Å²) in [7, 11) is 0. The standard InChI is InChI=1S/C19H23F2N3O.HI/c1-4-22-19(23-12(3)17-9-8-11(2)25-17)24-16-10-13(16)18-14(20)6-5-7-15(18)21;/h5-9,12-13,16H,4,10H2,1-3H3,(H2,22,23,24);1H. The van der Waals surface area contributed by atoms with Crippen LogP contribution in [0.15, 0.2) is 39.7 Å². The smallest absolute Gasteiger partial charge is 0.192 e. The Morgan fingerprint density at radius 1 is 1.27 bits per heavy atom. The molecular formula is C19H24F2IN3O. The van der Waals surface area contributed by atoms with Crippen molar-refractivity contribution in [1.29, 1.82) is 0 Å². The van der Waals surface area contributed by atoms with Crippen LogP contribution in [0, 0.1) is 18.6 Å². The molecule has 7 heteroatoms. The molecule has 1 aliphatic carbocycles. The number of hydrogen-bond acceptors (Lipinski definition) is 2. The van der Waals surface area contributed by atoms with Crippen LogP contribution in [0.5, 0.6) is 0 Å². The summed E-state index contributed by atoms with van der Waals surface area (Å²) in [5, 5.41) is 6.54. The summed E-state index contributed by atoms with van der Waals surface area (Å²) in [5.74, 6) is 1.13. The second-order valence-electron chi connectivity index (χ2n) is 6.37. The molecule has 142 valence electrons. The molecule has 1 fully saturated rings. The molecule has 0 radical (unpaired) electrons. The van der Waals surface area contributed by atoms with Crippen LogP contribution in [0.1, 0.15) is 49.3 Å². The van der Waals surface area contributed by atoms with Crippen LogP contribution in [0.25, 0.3) is 0 Å². The molecule has 1 aromatic heterocycles. The van der Waals surface area contributed by atoms with Gasteiger partial charge in [0.2, 0.25) is 0 Å². The monoisotopic (exact) mass is 475 g/mol. The molecule has 3 rings (SSSR count). The molecule has 1 heterocycles. The number of aryl methyl sites for hydroxylation is 1. The molecule has 0 saturated heterocycles. The van der Waals surface area contributed by atoms with Gasteiger partial charge in [0.1, 0.15) is 23.2 Å². The molecule has 1 saturated carbocycles. The van der Waals surface area contributed by atoms with Crippen molar-refractivity contribution in [2.24, 2.45) is 4.99 Å². The lowest BCUT2D eigenvalue weighted by atomic mass is 10.1. The lowest BCUT2D eigenvalue weighted by Crippen LogP contribution is -2.40. The average Bonchev–Trinajstić information content (AvgIpc) is 3.14. The number of hydrogen-bond donors (Lipinski definition) is 2. The predicted molar refractivity (Wildman–Crippen MR) is 109 cm³/mol. The van der Waals surface area contributed by atoms with Gasteiger partial charge in [-0.3, -0.25) is 4.99 Å². The van der Waals surface area contributed by atoms with Crippen LogP contribution < -0.4 is 10.6 Å². The first-order chi connectivity index (χ1) is 12.0. The molecule has 3 atom stereocenters. The van der Waals surface area contributed by atoms with Crippen LogP contribution in [-0.4, -0.2) is 18.5 Å². The highest BCUT2D eigenvalue weighted by molar-refractivity contribution is 14.0. The van der Waals surface area contributed by atoms with Crippen LogP contribution in [0.2, 0.25) is 0 Å². The zero-order valence-corrected chi connectivity index (χ0v) is 17.4. The van der Waals surface area contributed by atoms with Gasteiger partial charge < -0.3 is 15.1 Å². The van der Waals surface area contributed by atoms with E-state index in [0.717, 1.165) is 11.5 Å². The van der Waals surface area contributed by atoms with E-state index in [1.165, 1.54) is 18.2 Å². The van der Waals surface area contributed by atoms with Gasteiger partial charge in [-0.15, -0.1) is 24.0 Å². The molecule has 2 aromatic rings. The van der Waals surface area contributed by atoms with Crippen molar-refractivity contribution in [1.82, 2.24) is 10.6 Å². The third-order valence-corrected chi connectivity index (χ3v) is 4.34. The Labute approximate surface area is 169 Å². The summed E-state index contributed by atoms with van der Waals surface area (Å²) in [5.41, 5.74) is 0.158. The van der Waals surface area contributed by atoms with E-state index in [1.807, 2.05) is 32.9 Å². The Bertz CT molecular complexity index is 758. The van der Waals surface area contributed by atoms with Crippen LogP contribution in [0.3, 0.4) is 0 Å². The second-order valence-corrected chi connectivity index (χ2v) is 6.37. The fourth-order valence-corrected chi connectivity index (χ4v) is 2.97. The fourth-order valence-electron chi connectivity index (χ4n) is 2.97. The number of halogens is 3. The number of aliphatic imine (C=N–C) groups is 1. The van der Waals surface area contributed by atoms with E-state index in [9.17, 15) is 8.78 Å². The summed E-state index contributed by atoms with van der Waals surface area (Å²) in [6.45, 7) is 6.41. The Morgan fingerprint density at radius 2 is 1.96 bits per heavy atom. The minimum atomic E-state index is -0.490. The van der Waals surface area contributed by atoms with Crippen LogP contribution >= 0.6 is 24.0 Å². The maximum Gasteiger partial charge on any atom is 0.192 e. The van der Waals surface area contributed by atoms with E-state index in [0.29, 0.717) is 18.9 Å². The van der Waals surface area contributed by atoms with Gasteiger partial charge in [-0.05, 0) is 51.5 Å². The number of benzene rings is 1. The fraction of sp³-hybridized carbons (Fsp3) is 0.421. The highest BCUT2D eigenvalue weighted by Gasteiger charge is 2.42. The first kappa shape index (κ1) is 20.7. The van der Waals surface area contributed by atoms with Crippen molar-refractivity contribution in [2.75, 3.05) is 6.54 Å². The van der Waals surface area contributed by atoms with E-state index in [1.54, 1.807) is 0 Å². The average molecular weight is 475 g/mol. The summed E-state index contributed by atoms with van der Waals surface area (Å²) in [6, 6.07) is 7.73. The third-order valence-electron chi connectivity index (χ3n) is 4.34. The van der Waals surface area contributed by atoms with Gasteiger partial charge >= 0.3 is 0 Å². The Balaban J connectivity index is 0.00000243. The van der Waals surface area contributed by atoms with Crippen molar-refractivity contribution in [2.45, 2.75) is 45.2 Å². The topological polar surface area (TPSA) is 49.6 Å². The van der Waals surface area contributed by atoms with Crippen molar-refractivity contribution < 1.29 is 13.2 Å². The minimum absolute atomic E-state index is 0. The van der Waals surface area contributed by atoms with Crippen molar-refractivity contribution >= 4 is 29.9 Å². The summed E-state index contributed by atoms with van der Waals surface area (Å²) in [4.78, 5) is 4.41. The number of rotatable bonds is 5. The van der Waals surface area contributed by atoms with Crippen molar-refractivity contribution in [3.63, 3.8) is 0 Å². The Hall–Kier alpha value is -1.64. The minimum Gasteiger partial charge on any atom is -0.464 e. The van der Waals surface area contributed by atoms with Crippen molar-refractivity contribution in [3.8, 4) is 0 Å². The quantitative estimate of drug-likeness (QED) is 0.376. The van der Waals surface area contributed by atoms with Gasteiger partial charge in [0, 0.05) is 24.1 Å². The molecule has 0 spiro atoms. The van der Waals surface area contributed by atoms with Crippen molar-refractivity contribution in [3.05, 3.63) is 59.1 Å². The van der Waals surface area contributed by atoms with E-state index in [-0.39, 0.29) is 47.5 Å². The zero-order chi connectivity index (χ0) is 18.0. The van der Waals surface area contributed by atoms with Gasteiger partial charge in [-0.2, -0.15) is 0 Å². The first-order valence-corrected chi connectivity index (χ1v) is 8.57. The van der Waals surface area contributed by atoms with Gasteiger partial charge in [0.05, 0.1) is 6.04 Å². The lowest BCUT2D eigenvalue weighted by Gasteiger charge is -2.17. The molecule has 3 unspecified atom stereocenters. The number of nitrogens with one attached hydrogen (secondary N) is 2. The van der Waals surface area contributed by atoms with E-state index in [4.69, 9.17) is 4.42 Å². The normalized spacial score (nSPS) is 20.3. The first-order valence-electron chi connectivity index (χ1n) is 8.57. The molecule has 1 aliphatic rings. The van der Waals surface area contributed by atoms with E-state index in [2.05, 4.69) is 15.6 Å². The third kappa shape index (κ3) is 4.75. The summed E-state index contributed by atoms with van der Waals surface area (Å²) >= 11 is 0. The largest absolute Gasteiger partial charge is 0.464 e. The summed E-state index contributed by atoms with van der Waals surface area (Å²) in [6.07, 6.45) is 0.677. The summed E-state index contributed by atoms with van der Waals surface area (Å²) < 4.78 is 33.4. The van der Waals surface area contributed by atoms with E-state index < -0.39 is 11.6 Å². The number of furan rings is 1. The molecular weight excluding hydrogens is 451 g/mol. The van der Waals surface area contributed by atoms with Gasteiger partial charge in [0.25, 0.3) is 0 Å². The lowest BCUT2D eigenvalue weighted by molar-refractivity contribution is 0.441.